The van der Waals surface area contributed by atoms with E-state index in [0.717, 1.165) is 5.56 Å². The van der Waals surface area contributed by atoms with Gasteiger partial charge in [-0.3, -0.25) is 9.59 Å². The number of benzene rings is 2. The standard InChI is InChI=1S/C20H20N2O6/c1-12(28-20(25)15-4-3-5-16(9-15)22-13(2)23)19(24)21-10-14-6-7-17-18(8-14)27-11-26-17/h3-9,12H,10-11H2,1-2H3,(H,21,24)(H,22,23)/t12-/m0/s1. The quantitative estimate of drug-likeness (QED) is 0.741. The summed E-state index contributed by atoms with van der Waals surface area (Å²) in [6.45, 7) is 3.30. The molecule has 0 aliphatic carbocycles. The Morgan fingerprint density at radius 1 is 1.11 bits per heavy atom. The van der Waals surface area contributed by atoms with E-state index in [2.05, 4.69) is 10.6 Å². The minimum Gasteiger partial charge on any atom is -0.454 e. The molecular formula is C20H20N2O6. The summed E-state index contributed by atoms with van der Waals surface area (Å²) in [5, 5.41) is 5.30. The Bertz CT molecular complexity index is 911. The van der Waals surface area contributed by atoms with Crippen molar-refractivity contribution in [3.8, 4) is 11.5 Å². The van der Waals surface area contributed by atoms with Crippen LogP contribution in [0.1, 0.15) is 29.8 Å². The maximum Gasteiger partial charge on any atom is 0.338 e. The lowest BCUT2D eigenvalue weighted by Crippen LogP contribution is -2.35. The van der Waals surface area contributed by atoms with E-state index in [1.54, 1.807) is 30.3 Å². The van der Waals surface area contributed by atoms with Gasteiger partial charge < -0.3 is 24.8 Å². The summed E-state index contributed by atoms with van der Waals surface area (Å²) in [6, 6.07) is 11.7. The van der Waals surface area contributed by atoms with Gasteiger partial charge in [-0.15, -0.1) is 0 Å². The second-order valence-corrected chi connectivity index (χ2v) is 6.21. The monoisotopic (exact) mass is 384 g/mol. The van der Waals surface area contributed by atoms with Gasteiger partial charge in [-0.25, -0.2) is 4.79 Å². The molecule has 1 atom stereocenters. The van der Waals surface area contributed by atoms with Crippen LogP contribution in [0.25, 0.3) is 0 Å². The molecule has 146 valence electrons. The van der Waals surface area contributed by atoms with Crippen LogP contribution in [0.3, 0.4) is 0 Å². The summed E-state index contributed by atoms with van der Waals surface area (Å²) in [5.41, 5.74) is 1.54. The summed E-state index contributed by atoms with van der Waals surface area (Å²) in [7, 11) is 0. The van der Waals surface area contributed by atoms with E-state index in [9.17, 15) is 14.4 Å². The van der Waals surface area contributed by atoms with Crippen molar-refractivity contribution in [3.63, 3.8) is 0 Å². The van der Waals surface area contributed by atoms with Gasteiger partial charge in [-0.2, -0.15) is 0 Å². The molecule has 1 aliphatic heterocycles. The first-order chi connectivity index (χ1) is 13.4. The van der Waals surface area contributed by atoms with Crippen molar-refractivity contribution in [2.75, 3.05) is 12.1 Å². The Labute approximate surface area is 161 Å². The fourth-order valence-electron chi connectivity index (χ4n) is 2.59. The smallest absolute Gasteiger partial charge is 0.338 e. The molecule has 28 heavy (non-hydrogen) atoms. The minimum absolute atomic E-state index is 0.182. The van der Waals surface area contributed by atoms with E-state index in [-0.39, 0.29) is 24.8 Å². The fourth-order valence-corrected chi connectivity index (χ4v) is 2.59. The van der Waals surface area contributed by atoms with E-state index in [1.165, 1.54) is 19.9 Å². The number of hydrogen-bond acceptors (Lipinski definition) is 6. The van der Waals surface area contributed by atoms with Crippen LogP contribution in [0.15, 0.2) is 42.5 Å². The lowest BCUT2D eigenvalue weighted by molar-refractivity contribution is -0.129. The number of carbonyl (C=O) groups excluding carboxylic acids is 3. The first kappa shape index (κ1) is 19.2. The molecule has 0 unspecified atom stereocenters. The van der Waals surface area contributed by atoms with Crippen molar-refractivity contribution in [1.82, 2.24) is 5.32 Å². The normalized spacial score (nSPS) is 12.8. The zero-order chi connectivity index (χ0) is 20.1. The highest BCUT2D eigenvalue weighted by Gasteiger charge is 2.20. The molecule has 8 nitrogen and oxygen atoms in total. The second kappa shape index (κ2) is 8.43. The van der Waals surface area contributed by atoms with Gasteiger partial charge >= 0.3 is 5.97 Å². The Hall–Kier alpha value is -3.55. The summed E-state index contributed by atoms with van der Waals surface area (Å²) < 4.78 is 15.8. The molecule has 1 heterocycles. The molecular weight excluding hydrogens is 364 g/mol. The molecule has 0 bridgehead atoms. The van der Waals surface area contributed by atoms with Crippen LogP contribution in [0, 0.1) is 0 Å². The Morgan fingerprint density at radius 2 is 1.89 bits per heavy atom. The van der Waals surface area contributed by atoms with Crippen LogP contribution in [0.4, 0.5) is 5.69 Å². The number of rotatable bonds is 6. The number of esters is 1. The van der Waals surface area contributed by atoms with Crippen molar-refractivity contribution >= 4 is 23.5 Å². The molecule has 0 fully saturated rings. The van der Waals surface area contributed by atoms with Gasteiger partial charge in [0.25, 0.3) is 5.91 Å². The molecule has 0 aromatic heterocycles. The molecule has 8 heteroatoms. The molecule has 0 saturated carbocycles. The van der Waals surface area contributed by atoms with Crippen molar-refractivity contribution in [1.29, 1.82) is 0 Å². The minimum atomic E-state index is -0.981. The third-order valence-electron chi connectivity index (χ3n) is 3.98. The largest absolute Gasteiger partial charge is 0.454 e. The van der Waals surface area contributed by atoms with E-state index >= 15 is 0 Å². The van der Waals surface area contributed by atoms with Crippen LogP contribution >= 0.6 is 0 Å². The second-order valence-electron chi connectivity index (χ2n) is 6.21. The van der Waals surface area contributed by atoms with Crippen molar-refractivity contribution < 1.29 is 28.6 Å². The van der Waals surface area contributed by atoms with Gasteiger partial charge in [0.2, 0.25) is 12.7 Å². The summed E-state index contributed by atoms with van der Waals surface area (Å²) in [6.07, 6.45) is -0.981. The highest BCUT2D eigenvalue weighted by atomic mass is 16.7. The number of carbonyl (C=O) groups is 3. The van der Waals surface area contributed by atoms with Crippen LogP contribution in [-0.2, 0) is 20.9 Å². The first-order valence-corrected chi connectivity index (χ1v) is 8.67. The Balaban J connectivity index is 1.53. The van der Waals surface area contributed by atoms with Crippen molar-refractivity contribution in [2.45, 2.75) is 26.5 Å². The van der Waals surface area contributed by atoms with Gasteiger partial charge in [0, 0.05) is 19.2 Å². The molecule has 0 spiro atoms. The average Bonchev–Trinajstić information content (AvgIpc) is 3.13. The van der Waals surface area contributed by atoms with Gasteiger partial charge in [-0.05, 0) is 42.8 Å². The SMILES string of the molecule is CC(=O)Nc1cccc(C(=O)O[C@@H](C)C(=O)NCc2ccc3c(c2)OCO3)c1. The molecule has 2 N–H and O–H groups in total. The molecule has 0 saturated heterocycles. The summed E-state index contributed by atoms with van der Waals surface area (Å²) >= 11 is 0. The molecule has 2 aromatic rings. The Morgan fingerprint density at radius 3 is 2.68 bits per heavy atom. The average molecular weight is 384 g/mol. The van der Waals surface area contributed by atoms with E-state index < -0.39 is 18.0 Å². The maximum absolute atomic E-state index is 12.3. The van der Waals surface area contributed by atoms with E-state index in [4.69, 9.17) is 14.2 Å². The molecule has 2 amide bonds. The molecule has 2 aromatic carbocycles. The highest BCUT2D eigenvalue weighted by Crippen LogP contribution is 2.32. The third-order valence-corrected chi connectivity index (χ3v) is 3.98. The predicted molar refractivity (Wildman–Crippen MR) is 100 cm³/mol. The predicted octanol–water partition coefficient (Wildman–Crippen LogP) is 2.24. The summed E-state index contributed by atoms with van der Waals surface area (Å²) in [4.78, 5) is 35.6. The van der Waals surface area contributed by atoms with Gasteiger partial charge in [0.05, 0.1) is 5.56 Å². The van der Waals surface area contributed by atoms with Crippen molar-refractivity contribution in [3.05, 3.63) is 53.6 Å². The van der Waals surface area contributed by atoms with Crippen LogP contribution in [0.2, 0.25) is 0 Å². The van der Waals surface area contributed by atoms with Gasteiger partial charge in [0.15, 0.2) is 17.6 Å². The number of hydrogen-bond donors (Lipinski definition) is 2. The maximum atomic E-state index is 12.3. The number of fused-ring (bicyclic) bond motifs is 1. The fraction of sp³-hybridized carbons (Fsp3) is 0.250. The number of nitrogens with one attached hydrogen (secondary N) is 2. The van der Waals surface area contributed by atoms with Crippen LogP contribution in [-0.4, -0.2) is 30.7 Å². The van der Waals surface area contributed by atoms with Gasteiger partial charge in [0.1, 0.15) is 0 Å². The van der Waals surface area contributed by atoms with Crippen LogP contribution in [0.5, 0.6) is 11.5 Å². The lowest BCUT2D eigenvalue weighted by Gasteiger charge is -2.14. The van der Waals surface area contributed by atoms with Gasteiger partial charge in [-0.1, -0.05) is 12.1 Å². The Kier molecular flexibility index (Phi) is 5.78. The van der Waals surface area contributed by atoms with E-state index in [0.29, 0.717) is 17.2 Å². The topological polar surface area (TPSA) is 103 Å². The zero-order valence-corrected chi connectivity index (χ0v) is 15.5. The highest BCUT2D eigenvalue weighted by molar-refractivity contribution is 5.95. The molecule has 1 aliphatic rings. The molecule has 0 radical (unpaired) electrons. The third kappa shape index (κ3) is 4.79. The zero-order valence-electron chi connectivity index (χ0n) is 15.5. The number of anilines is 1. The summed E-state index contributed by atoms with van der Waals surface area (Å²) in [5.74, 6) is -0.0344. The lowest BCUT2D eigenvalue weighted by atomic mass is 10.2. The first-order valence-electron chi connectivity index (χ1n) is 8.67. The molecule has 3 rings (SSSR count). The number of amides is 2. The van der Waals surface area contributed by atoms with E-state index in [1.807, 2.05) is 6.07 Å². The van der Waals surface area contributed by atoms with Crippen LogP contribution < -0.4 is 20.1 Å². The number of ether oxygens (including phenoxy) is 3. The van der Waals surface area contributed by atoms with Crippen molar-refractivity contribution in [2.24, 2.45) is 0 Å².